The van der Waals surface area contributed by atoms with Crippen LogP contribution < -0.4 is 15.1 Å². The van der Waals surface area contributed by atoms with Crippen molar-refractivity contribution in [1.82, 2.24) is 0 Å². The molecule has 2 aromatic carbocycles. The van der Waals surface area contributed by atoms with E-state index in [0.29, 0.717) is 39.5 Å². The van der Waals surface area contributed by atoms with Crippen molar-refractivity contribution in [2.45, 2.75) is 26.4 Å². The van der Waals surface area contributed by atoms with E-state index in [4.69, 9.17) is 30.2 Å². The quantitative estimate of drug-likeness (QED) is 0.418. The second-order valence-corrected chi connectivity index (χ2v) is 6.95. The molecule has 3 aromatic rings. The molecule has 0 fully saturated rings. The maximum atomic E-state index is 12.2. The molecule has 0 N–H and O–H groups in total. The Hall–Kier alpha value is -2.99. The Labute approximate surface area is 172 Å². The third-order valence-electron chi connectivity index (χ3n) is 4.56. The van der Waals surface area contributed by atoms with Gasteiger partial charge in [-0.15, -0.1) is 0 Å². The van der Waals surface area contributed by atoms with Crippen LogP contribution in [0, 0.1) is 6.92 Å². The molecule has 0 aliphatic heterocycles. The normalized spacial score (nSPS) is 10.8. The minimum atomic E-state index is -0.504. The second-order valence-electron chi connectivity index (χ2n) is 6.54. The molecule has 0 atom stereocenters. The number of esters is 1. The lowest BCUT2D eigenvalue weighted by Gasteiger charge is -2.10. The number of halogens is 1. The number of fused-ring (bicyclic) bond motifs is 1. The molecule has 152 valence electrons. The van der Waals surface area contributed by atoms with Gasteiger partial charge in [0, 0.05) is 28.5 Å². The molecule has 0 unspecified atom stereocenters. The van der Waals surface area contributed by atoms with E-state index in [1.807, 2.05) is 19.1 Å². The summed E-state index contributed by atoms with van der Waals surface area (Å²) in [6.07, 6.45) is 0.677. The van der Waals surface area contributed by atoms with E-state index in [1.54, 1.807) is 32.4 Å². The number of methoxy groups -OCH3 is 2. The molecule has 0 amide bonds. The zero-order valence-corrected chi connectivity index (χ0v) is 17.2. The van der Waals surface area contributed by atoms with Crippen LogP contribution in [-0.2, 0) is 22.6 Å². The largest absolute Gasteiger partial charge is 0.493 e. The number of carbonyl (C=O) groups is 1. The van der Waals surface area contributed by atoms with E-state index in [9.17, 15) is 9.59 Å². The van der Waals surface area contributed by atoms with Crippen LogP contribution in [0.5, 0.6) is 11.5 Å². The van der Waals surface area contributed by atoms with Gasteiger partial charge in [0.25, 0.3) is 0 Å². The molecule has 1 heterocycles. The first-order valence-corrected chi connectivity index (χ1v) is 9.38. The average Bonchev–Trinajstić information content (AvgIpc) is 2.71. The predicted molar refractivity (Wildman–Crippen MR) is 110 cm³/mol. The van der Waals surface area contributed by atoms with E-state index in [2.05, 4.69) is 0 Å². The summed E-state index contributed by atoms with van der Waals surface area (Å²) in [7, 11) is 3.13. The molecule has 0 bridgehead atoms. The molecular weight excluding hydrogens is 396 g/mol. The Kier molecular flexibility index (Phi) is 6.44. The van der Waals surface area contributed by atoms with E-state index >= 15 is 0 Å². The minimum absolute atomic E-state index is 0.0355. The summed E-state index contributed by atoms with van der Waals surface area (Å²) in [5, 5.41) is 1.19. The van der Waals surface area contributed by atoms with Gasteiger partial charge in [-0.25, -0.2) is 4.79 Å². The Morgan fingerprint density at radius 3 is 2.55 bits per heavy atom. The lowest BCUT2D eigenvalue weighted by Crippen LogP contribution is -2.08. The van der Waals surface area contributed by atoms with Gasteiger partial charge in [0.1, 0.15) is 12.2 Å². The van der Waals surface area contributed by atoms with Gasteiger partial charge in [-0.05, 0) is 48.7 Å². The highest BCUT2D eigenvalue weighted by molar-refractivity contribution is 6.32. The van der Waals surface area contributed by atoms with Gasteiger partial charge in [0.2, 0.25) is 0 Å². The number of carbonyl (C=O) groups excluding carboxylic acids is 1. The van der Waals surface area contributed by atoms with E-state index in [1.165, 1.54) is 6.07 Å². The molecule has 0 aliphatic carbocycles. The number of aryl methyl sites for hydroxylation is 2. The molecule has 3 rings (SSSR count). The van der Waals surface area contributed by atoms with Crippen LogP contribution in [0.1, 0.15) is 23.1 Å². The van der Waals surface area contributed by atoms with Crippen molar-refractivity contribution in [2.75, 3.05) is 14.2 Å². The van der Waals surface area contributed by atoms with Crippen molar-refractivity contribution in [3.8, 4) is 11.5 Å². The van der Waals surface area contributed by atoms with Crippen LogP contribution in [0.4, 0.5) is 0 Å². The highest BCUT2D eigenvalue weighted by Crippen LogP contribution is 2.28. The summed E-state index contributed by atoms with van der Waals surface area (Å²) in [6.45, 7) is 1.79. The van der Waals surface area contributed by atoms with Crippen molar-refractivity contribution in [3.05, 3.63) is 68.5 Å². The number of hydrogen-bond donors (Lipinski definition) is 0. The fraction of sp³-hybridized carbons (Fsp3) is 0.273. The molecule has 0 saturated heterocycles. The van der Waals surface area contributed by atoms with Crippen molar-refractivity contribution in [2.24, 2.45) is 0 Å². The summed E-state index contributed by atoms with van der Waals surface area (Å²) in [4.78, 5) is 24.0. The summed E-state index contributed by atoms with van der Waals surface area (Å²) < 4.78 is 21.1. The minimum Gasteiger partial charge on any atom is -0.493 e. The molecule has 7 heteroatoms. The lowest BCUT2D eigenvalue weighted by atomic mass is 10.1. The second kappa shape index (κ2) is 9.01. The third-order valence-corrected chi connectivity index (χ3v) is 4.97. The number of benzene rings is 2. The van der Waals surface area contributed by atoms with Crippen molar-refractivity contribution in [3.63, 3.8) is 0 Å². The maximum Gasteiger partial charge on any atom is 0.336 e. The van der Waals surface area contributed by atoms with Crippen LogP contribution >= 0.6 is 11.6 Å². The van der Waals surface area contributed by atoms with Crippen LogP contribution in [0.25, 0.3) is 11.0 Å². The molecule has 0 aliphatic rings. The van der Waals surface area contributed by atoms with Gasteiger partial charge in [-0.1, -0.05) is 17.7 Å². The Bertz CT molecular complexity index is 1100. The topological polar surface area (TPSA) is 75.0 Å². The van der Waals surface area contributed by atoms with E-state index in [0.717, 1.165) is 11.1 Å². The zero-order chi connectivity index (χ0) is 21.0. The monoisotopic (exact) mass is 416 g/mol. The van der Waals surface area contributed by atoms with Crippen molar-refractivity contribution in [1.29, 1.82) is 0 Å². The molecule has 0 spiro atoms. The molecule has 1 aromatic heterocycles. The smallest absolute Gasteiger partial charge is 0.336 e. The van der Waals surface area contributed by atoms with E-state index in [-0.39, 0.29) is 19.0 Å². The van der Waals surface area contributed by atoms with Crippen LogP contribution in [0.15, 0.2) is 45.6 Å². The molecular formula is C22H21ClO6. The first-order valence-electron chi connectivity index (χ1n) is 9.00. The highest BCUT2D eigenvalue weighted by atomic mass is 35.5. The zero-order valence-electron chi connectivity index (χ0n) is 16.4. The van der Waals surface area contributed by atoms with Crippen LogP contribution in [0.2, 0.25) is 5.02 Å². The highest BCUT2D eigenvalue weighted by Gasteiger charge is 2.12. The fourth-order valence-corrected chi connectivity index (χ4v) is 3.14. The Morgan fingerprint density at radius 2 is 1.83 bits per heavy atom. The van der Waals surface area contributed by atoms with Crippen molar-refractivity contribution < 1.29 is 23.4 Å². The summed E-state index contributed by atoms with van der Waals surface area (Å²) in [6, 6.07) is 10.2. The average molecular weight is 417 g/mol. The van der Waals surface area contributed by atoms with Crippen LogP contribution in [-0.4, -0.2) is 20.2 Å². The number of ether oxygens (including phenoxy) is 3. The summed E-state index contributed by atoms with van der Waals surface area (Å²) in [5.41, 5.74) is 2.18. The maximum absolute atomic E-state index is 12.2. The standard InChI is InChI=1S/C22H21ClO6/c1-13-8-19-16(11-17(13)23)15(10-22(25)29-19)12-28-21(24)7-5-14-4-6-18(26-2)20(9-14)27-3/h4,6,8-11H,5,7,12H2,1-3H3. The summed E-state index contributed by atoms with van der Waals surface area (Å²) in [5.74, 6) is 0.856. The van der Waals surface area contributed by atoms with E-state index < -0.39 is 5.63 Å². The van der Waals surface area contributed by atoms with Gasteiger partial charge >= 0.3 is 11.6 Å². The van der Waals surface area contributed by atoms with Gasteiger partial charge in [0.15, 0.2) is 11.5 Å². The van der Waals surface area contributed by atoms with Gasteiger partial charge < -0.3 is 18.6 Å². The predicted octanol–water partition coefficient (Wildman–Crippen LogP) is 4.45. The fourth-order valence-electron chi connectivity index (χ4n) is 2.98. The molecule has 6 nitrogen and oxygen atoms in total. The Morgan fingerprint density at radius 1 is 1.07 bits per heavy atom. The first kappa shape index (κ1) is 20.7. The van der Waals surface area contributed by atoms with Gasteiger partial charge in [0.05, 0.1) is 14.2 Å². The molecule has 0 saturated carbocycles. The SMILES string of the molecule is COc1ccc(CCC(=O)OCc2cc(=O)oc3cc(C)c(Cl)cc23)cc1OC. The number of hydrogen-bond acceptors (Lipinski definition) is 6. The van der Waals surface area contributed by atoms with Gasteiger partial charge in [-0.2, -0.15) is 0 Å². The molecule has 29 heavy (non-hydrogen) atoms. The number of rotatable bonds is 7. The molecule has 0 radical (unpaired) electrons. The first-order chi connectivity index (χ1) is 13.9. The Balaban J connectivity index is 1.67. The van der Waals surface area contributed by atoms with Crippen LogP contribution in [0.3, 0.4) is 0 Å². The summed E-state index contributed by atoms with van der Waals surface area (Å²) >= 11 is 6.18. The van der Waals surface area contributed by atoms with Crippen molar-refractivity contribution >= 4 is 28.5 Å². The van der Waals surface area contributed by atoms with Gasteiger partial charge in [-0.3, -0.25) is 4.79 Å². The lowest BCUT2D eigenvalue weighted by molar-refractivity contribution is -0.144. The third kappa shape index (κ3) is 4.90.